The van der Waals surface area contributed by atoms with Crippen molar-refractivity contribution in [2.24, 2.45) is 5.92 Å². The zero-order valence-corrected chi connectivity index (χ0v) is 15.7. The smallest absolute Gasteiger partial charge is 0.410 e. The minimum absolute atomic E-state index is 0.0551. The van der Waals surface area contributed by atoms with E-state index < -0.39 is 24.9 Å². The number of hydrogen-bond acceptors (Lipinski definition) is 5. The Morgan fingerprint density at radius 3 is 2.81 bits per heavy atom. The van der Waals surface area contributed by atoms with Gasteiger partial charge in [-0.3, -0.25) is 4.90 Å². The van der Waals surface area contributed by atoms with E-state index in [1.54, 1.807) is 6.07 Å². The predicted molar refractivity (Wildman–Crippen MR) is 91.3 cm³/mol. The molecule has 2 aliphatic rings. The van der Waals surface area contributed by atoms with Gasteiger partial charge in [-0.15, -0.1) is 5.10 Å². The van der Waals surface area contributed by atoms with Crippen molar-refractivity contribution in [1.29, 1.82) is 0 Å². The number of alkyl halides is 3. The first-order chi connectivity index (χ1) is 12.8. The first-order valence-corrected chi connectivity index (χ1v) is 9.26. The first kappa shape index (κ1) is 18.3. The second kappa shape index (κ2) is 6.84. The van der Waals surface area contributed by atoms with E-state index in [1.165, 1.54) is 12.8 Å². The molecule has 27 heavy (non-hydrogen) atoms. The van der Waals surface area contributed by atoms with Gasteiger partial charge in [-0.05, 0) is 46.8 Å². The largest absolute Gasteiger partial charge is 0.488 e. The van der Waals surface area contributed by atoms with Crippen molar-refractivity contribution >= 4 is 33.1 Å². The molecular weight excluding hydrogens is 433 g/mol. The average Bonchev–Trinajstić information content (AvgIpc) is 3.21. The molecule has 11 heteroatoms. The van der Waals surface area contributed by atoms with Crippen LogP contribution in [-0.2, 0) is 11.3 Å². The molecule has 7 nitrogen and oxygen atoms in total. The summed E-state index contributed by atoms with van der Waals surface area (Å²) in [5.41, 5.74) is 1.53. The number of hydrogen-bond donors (Lipinski definition) is 0. The van der Waals surface area contributed by atoms with Crippen molar-refractivity contribution in [2.45, 2.75) is 31.7 Å². The second-order valence-electron chi connectivity index (χ2n) is 6.77. The summed E-state index contributed by atoms with van der Waals surface area (Å²) in [6.07, 6.45) is -3.81. The molecule has 1 amide bonds. The summed E-state index contributed by atoms with van der Waals surface area (Å²) >= 11 is 3.44. The van der Waals surface area contributed by atoms with Gasteiger partial charge in [0, 0.05) is 6.54 Å². The van der Waals surface area contributed by atoms with Gasteiger partial charge in [0.15, 0.2) is 6.10 Å². The van der Waals surface area contributed by atoms with Crippen molar-refractivity contribution in [3.63, 3.8) is 0 Å². The van der Waals surface area contributed by atoms with Gasteiger partial charge in [-0.25, -0.2) is 9.48 Å². The number of ether oxygens (including phenoxy) is 2. The highest BCUT2D eigenvalue weighted by Gasteiger charge is 2.40. The number of carbonyl (C=O) groups is 1. The Kier molecular flexibility index (Phi) is 4.65. The molecule has 2 aromatic rings. The normalized spacial score (nSPS) is 20.4. The third-order valence-electron chi connectivity index (χ3n) is 4.46. The fraction of sp³-hybridized carbons (Fsp3) is 0.562. The number of cyclic esters (lactones) is 1. The topological polar surface area (TPSA) is 69.5 Å². The van der Waals surface area contributed by atoms with Crippen molar-refractivity contribution in [3.05, 3.63) is 16.6 Å². The maximum absolute atomic E-state index is 12.4. The molecule has 1 atom stereocenters. The predicted octanol–water partition coefficient (Wildman–Crippen LogP) is 3.37. The number of halogens is 4. The van der Waals surface area contributed by atoms with Gasteiger partial charge in [-0.1, -0.05) is 5.21 Å². The Balaban J connectivity index is 1.40. The number of benzene rings is 1. The summed E-state index contributed by atoms with van der Waals surface area (Å²) in [6.45, 7) is -0.728. The Hall–Kier alpha value is -2.04. The standard InChI is InChI=1S/C16H16BrF3N4O3/c17-13-12(4-3-11-14(13)21-22-24(11)5-9-1-2-9)26-7-10-6-23(15(25)27-10)8-16(18,19)20/h3-4,9-10H,1-2,5-8H2. The molecule has 0 radical (unpaired) electrons. The molecule has 1 aromatic carbocycles. The molecule has 1 aliphatic heterocycles. The van der Waals surface area contributed by atoms with Crippen molar-refractivity contribution in [2.75, 3.05) is 19.7 Å². The minimum Gasteiger partial charge on any atom is -0.488 e. The summed E-state index contributed by atoms with van der Waals surface area (Å²) in [7, 11) is 0. The summed E-state index contributed by atoms with van der Waals surface area (Å²) in [4.78, 5) is 12.2. The monoisotopic (exact) mass is 448 g/mol. The third-order valence-corrected chi connectivity index (χ3v) is 5.23. The van der Waals surface area contributed by atoms with Crippen LogP contribution in [0.1, 0.15) is 12.8 Å². The fourth-order valence-corrected chi connectivity index (χ4v) is 3.50. The van der Waals surface area contributed by atoms with Crippen LogP contribution >= 0.6 is 15.9 Å². The highest BCUT2D eigenvalue weighted by Crippen LogP contribution is 2.35. The van der Waals surface area contributed by atoms with Gasteiger partial charge in [0.05, 0.1) is 16.5 Å². The van der Waals surface area contributed by atoms with Gasteiger partial charge in [-0.2, -0.15) is 13.2 Å². The molecule has 2 fully saturated rings. The lowest BCUT2D eigenvalue weighted by molar-refractivity contribution is -0.138. The Bertz CT molecular complexity index is 868. The number of aromatic nitrogens is 3. The van der Waals surface area contributed by atoms with Crippen LogP contribution in [-0.4, -0.2) is 58.0 Å². The molecule has 1 saturated heterocycles. The molecule has 1 unspecified atom stereocenters. The molecule has 1 saturated carbocycles. The molecule has 0 spiro atoms. The lowest BCUT2D eigenvalue weighted by Crippen LogP contribution is -2.35. The van der Waals surface area contributed by atoms with E-state index in [1.807, 2.05) is 10.7 Å². The number of amides is 1. The quantitative estimate of drug-likeness (QED) is 0.677. The van der Waals surface area contributed by atoms with E-state index in [2.05, 4.69) is 26.2 Å². The minimum atomic E-state index is -4.46. The highest BCUT2D eigenvalue weighted by molar-refractivity contribution is 9.10. The van der Waals surface area contributed by atoms with Crippen LogP contribution < -0.4 is 4.74 Å². The number of nitrogens with zero attached hydrogens (tertiary/aromatic N) is 4. The van der Waals surface area contributed by atoms with Crippen molar-refractivity contribution in [3.8, 4) is 5.75 Å². The van der Waals surface area contributed by atoms with E-state index in [9.17, 15) is 18.0 Å². The first-order valence-electron chi connectivity index (χ1n) is 8.47. The molecule has 0 N–H and O–H groups in total. The van der Waals surface area contributed by atoms with Gasteiger partial charge in [0.2, 0.25) is 0 Å². The van der Waals surface area contributed by atoms with Crippen LogP contribution in [0.4, 0.5) is 18.0 Å². The summed E-state index contributed by atoms with van der Waals surface area (Å²) in [5.74, 6) is 1.12. The van der Waals surface area contributed by atoms with Gasteiger partial charge >= 0.3 is 12.3 Å². The molecule has 2 heterocycles. The zero-order valence-electron chi connectivity index (χ0n) is 14.1. The summed E-state index contributed by atoms with van der Waals surface area (Å²) < 4.78 is 50.4. The SMILES string of the molecule is O=C1OC(COc2ccc3c(nnn3CC3CC3)c2Br)CN1CC(F)(F)F. The Morgan fingerprint density at radius 2 is 2.11 bits per heavy atom. The summed E-state index contributed by atoms with van der Waals surface area (Å²) in [6, 6.07) is 3.58. The van der Waals surface area contributed by atoms with E-state index in [4.69, 9.17) is 9.47 Å². The lowest BCUT2D eigenvalue weighted by atomic mass is 10.3. The van der Waals surface area contributed by atoms with Crippen LogP contribution in [0.15, 0.2) is 16.6 Å². The average molecular weight is 449 g/mol. The number of rotatable bonds is 6. The van der Waals surface area contributed by atoms with Crippen molar-refractivity contribution in [1.82, 2.24) is 19.9 Å². The Morgan fingerprint density at radius 1 is 1.33 bits per heavy atom. The third kappa shape index (κ3) is 4.12. The van der Waals surface area contributed by atoms with Crippen LogP contribution in [0.5, 0.6) is 5.75 Å². The zero-order chi connectivity index (χ0) is 19.2. The van der Waals surface area contributed by atoms with Gasteiger partial charge in [0.1, 0.15) is 24.4 Å². The van der Waals surface area contributed by atoms with E-state index >= 15 is 0 Å². The van der Waals surface area contributed by atoms with Crippen LogP contribution in [0.25, 0.3) is 11.0 Å². The molecule has 0 bridgehead atoms. The second-order valence-corrected chi connectivity index (χ2v) is 7.57. The number of carbonyl (C=O) groups excluding carboxylic acids is 1. The Labute approximate surface area is 160 Å². The molecule has 1 aromatic heterocycles. The van der Waals surface area contributed by atoms with Crippen LogP contribution in [0, 0.1) is 5.92 Å². The van der Waals surface area contributed by atoms with Crippen LogP contribution in [0.3, 0.4) is 0 Å². The summed E-state index contributed by atoms with van der Waals surface area (Å²) in [5, 5.41) is 8.34. The number of fused-ring (bicyclic) bond motifs is 1. The lowest BCUT2D eigenvalue weighted by Gasteiger charge is -2.15. The van der Waals surface area contributed by atoms with Crippen molar-refractivity contribution < 1.29 is 27.4 Å². The van der Waals surface area contributed by atoms with E-state index in [0.717, 1.165) is 12.1 Å². The van der Waals surface area contributed by atoms with Crippen LogP contribution in [0.2, 0.25) is 0 Å². The molecule has 1 aliphatic carbocycles. The fourth-order valence-electron chi connectivity index (χ4n) is 2.97. The molecule has 146 valence electrons. The molecule has 4 rings (SSSR count). The molecular formula is C16H16BrF3N4O3. The van der Waals surface area contributed by atoms with Gasteiger partial charge < -0.3 is 9.47 Å². The maximum atomic E-state index is 12.4. The highest BCUT2D eigenvalue weighted by atomic mass is 79.9. The maximum Gasteiger partial charge on any atom is 0.410 e. The van der Waals surface area contributed by atoms with E-state index in [-0.39, 0.29) is 13.2 Å². The van der Waals surface area contributed by atoms with E-state index in [0.29, 0.717) is 26.6 Å². The van der Waals surface area contributed by atoms with Gasteiger partial charge in [0.25, 0.3) is 0 Å².